The number of benzene rings is 2. The van der Waals surface area contributed by atoms with E-state index >= 15 is 0 Å². The minimum Gasteiger partial charge on any atom is -0.331 e. The number of hydrogen-bond donors (Lipinski definition) is 0. The number of fused-ring (bicyclic) bond motifs is 1. The monoisotopic (exact) mass is 457 g/mol. The van der Waals surface area contributed by atoms with Gasteiger partial charge in [0.2, 0.25) is 5.91 Å². The number of amides is 2. The van der Waals surface area contributed by atoms with Crippen LogP contribution in [0.25, 0.3) is 0 Å². The van der Waals surface area contributed by atoms with Crippen LogP contribution in [0.3, 0.4) is 0 Å². The molecule has 2 aliphatic rings. The van der Waals surface area contributed by atoms with Gasteiger partial charge in [0, 0.05) is 49.4 Å². The number of rotatable bonds is 8. The molecule has 2 heterocycles. The molecule has 0 atom stereocenters. The quantitative estimate of drug-likeness (QED) is 0.440. The normalized spacial score (nSPS) is 15.9. The molecule has 0 fully saturated rings. The Kier molecular flexibility index (Phi) is 7.38. The second-order valence-corrected chi connectivity index (χ2v) is 8.77. The van der Waals surface area contributed by atoms with Crippen molar-refractivity contribution >= 4 is 23.3 Å². The van der Waals surface area contributed by atoms with E-state index in [1.807, 2.05) is 67.6 Å². The van der Waals surface area contributed by atoms with Crippen LogP contribution in [0.4, 0.5) is 5.69 Å². The molecule has 0 aromatic heterocycles. The van der Waals surface area contributed by atoms with Crippen LogP contribution >= 0.6 is 0 Å². The van der Waals surface area contributed by atoms with Crippen LogP contribution in [-0.4, -0.2) is 53.6 Å². The Morgan fingerprint density at radius 2 is 1.71 bits per heavy atom. The zero-order chi connectivity index (χ0) is 24.1. The Bertz CT molecular complexity index is 1110. The third kappa shape index (κ3) is 5.18. The average molecular weight is 458 g/mol. The molecular weight excluding hydrogens is 426 g/mol. The van der Waals surface area contributed by atoms with Crippen LogP contribution in [0.2, 0.25) is 0 Å². The predicted molar refractivity (Wildman–Crippen MR) is 134 cm³/mol. The van der Waals surface area contributed by atoms with Crippen molar-refractivity contribution in [3.8, 4) is 0 Å². The van der Waals surface area contributed by atoms with Crippen LogP contribution in [-0.2, 0) is 17.9 Å². The summed E-state index contributed by atoms with van der Waals surface area (Å²) in [5, 5.41) is 0. The molecule has 6 nitrogen and oxygen atoms in total. The van der Waals surface area contributed by atoms with Gasteiger partial charge in [0.1, 0.15) is 0 Å². The summed E-state index contributed by atoms with van der Waals surface area (Å²) in [6, 6.07) is 13.2. The summed E-state index contributed by atoms with van der Waals surface area (Å²) in [5.41, 5.74) is 4.01. The molecule has 0 radical (unpaired) electrons. The van der Waals surface area contributed by atoms with Gasteiger partial charge in [-0.3, -0.25) is 19.3 Å². The number of carbonyl (C=O) groups excluding carboxylic acids is 3. The standard InChI is InChI=1S/C28H31N3O3/c1-3-5-14-29-19-24-13-12-23(26(32)4-2)17-25(24)31(27(33)20-29)18-21-8-10-22(11-9-21)28(34)30-15-6-7-16-30/h3,6-13,17H,1,4-5,14-16,18-20H2,2H3. The summed E-state index contributed by atoms with van der Waals surface area (Å²) in [5.74, 6) is 0.0581. The van der Waals surface area contributed by atoms with E-state index in [9.17, 15) is 14.4 Å². The van der Waals surface area contributed by atoms with Crippen LogP contribution in [0.1, 0.15) is 51.6 Å². The Hall–Kier alpha value is -3.51. The van der Waals surface area contributed by atoms with E-state index in [4.69, 9.17) is 0 Å². The summed E-state index contributed by atoms with van der Waals surface area (Å²) in [6.45, 7) is 9.00. The van der Waals surface area contributed by atoms with Gasteiger partial charge in [-0.1, -0.05) is 49.4 Å². The number of ketones is 1. The fraction of sp³-hybridized carbons (Fsp3) is 0.321. The van der Waals surface area contributed by atoms with E-state index in [0.717, 1.165) is 29.8 Å². The van der Waals surface area contributed by atoms with Gasteiger partial charge in [-0.15, -0.1) is 6.58 Å². The summed E-state index contributed by atoms with van der Waals surface area (Å²) in [6.07, 6.45) is 7.06. The Morgan fingerprint density at radius 3 is 2.38 bits per heavy atom. The van der Waals surface area contributed by atoms with Gasteiger partial charge in [0.05, 0.1) is 13.1 Å². The van der Waals surface area contributed by atoms with E-state index in [2.05, 4.69) is 11.5 Å². The minimum absolute atomic E-state index is 0.00722. The number of anilines is 1. The molecular formula is C28H31N3O3. The third-order valence-corrected chi connectivity index (χ3v) is 6.37. The smallest absolute Gasteiger partial charge is 0.254 e. The highest BCUT2D eigenvalue weighted by molar-refractivity contribution is 6.00. The molecule has 0 spiro atoms. The Balaban J connectivity index is 1.60. The van der Waals surface area contributed by atoms with Crippen LogP contribution in [0, 0.1) is 0 Å². The van der Waals surface area contributed by atoms with E-state index in [-0.39, 0.29) is 17.6 Å². The van der Waals surface area contributed by atoms with E-state index in [1.54, 1.807) is 9.80 Å². The molecule has 2 aromatic carbocycles. The van der Waals surface area contributed by atoms with Crippen molar-refractivity contribution < 1.29 is 14.4 Å². The molecule has 0 saturated carbocycles. The van der Waals surface area contributed by atoms with Crippen molar-refractivity contribution in [1.82, 2.24) is 9.80 Å². The van der Waals surface area contributed by atoms with E-state index in [1.165, 1.54) is 0 Å². The first-order chi connectivity index (χ1) is 16.5. The lowest BCUT2D eigenvalue weighted by atomic mass is 10.0. The fourth-order valence-electron chi connectivity index (χ4n) is 4.40. The van der Waals surface area contributed by atoms with Gasteiger partial charge in [0.25, 0.3) is 5.91 Å². The summed E-state index contributed by atoms with van der Waals surface area (Å²) in [4.78, 5) is 44.1. The molecule has 34 heavy (non-hydrogen) atoms. The van der Waals surface area contributed by atoms with E-state index in [0.29, 0.717) is 50.3 Å². The lowest BCUT2D eigenvalue weighted by Gasteiger charge is -2.24. The van der Waals surface area contributed by atoms with Crippen molar-refractivity contribution in [2.75, 3.05) is 31.1 Å². The highest BCUT2D eigenvalue weighted by Crippen LogP contribution is 2.29. The average Bonchev–Trinajstić information content (AvgIpc) is 3.36. The second-order valence-electron chi connectivity index (χ2n) is 8.77. The molecule has 0 bridgehead atoms. The summed E-state index contributed by atoms with van der Waals surface area (Å²) < 4.78 is 0. The number of nitrogens with zero attached hydrogens (tertiary/aromatic N) is 3. The Morgan fingerprint density at radius 1 is 1.00 bits per heavy atom. The van der Waals surface area contributed by atoms with Crippen molar-refractivity contribution in [1.29, 1.82) is 0 Å². The van der Waals surface area contributed by atoms with Crippen molar-refractivity contribution in [2.24, 2.45) is 0 Å². The fourth-order valence-corrected chi connectivity index (χ4v) is 4.40. The van der Waals surface area contributed by atoms with Gasteiger partial charge in [-0.25, -0.2) is 0 Å². The molecule has 2 aliphatic heterocycles. The molecule has 6 heteroatoms. The van der Waals surface area contributed by atoms with Crippen molar-refractivity contribution in [3.63, 3.8) is 0 Å². The maximum atomic E-state index is 13.4. The molecule has 4 rings (SSSR count). The van der Waals surface area contributed by atoms with Crippen molar-refractivity contribution in [3.05, 3.63) is 89.5 Å². The lowest BCUT2D eigenvalue weighted by Crippen LogP contribution is -2.37. The molecule has 0 aliphatic carbocycles. The molecule has 176 valence electrons. The molecule has 0 saturated heterocycles. The third-order valence-electron chi connectivity index (χ3n) is 6.37. The first-order valence-corrected chi connectivity index (χ1v) is 11.8. The number of hydrogen-bond acceptors (Lipinski definition) is 4. The van der Waals surface area contributed by atoms with Crippen LogP contribution < -0.4 is 4.90 Å². The van der Waals surface area contributed by atoms with Crippen molar-refractivity contribution in [2.45, 2.75) is 32.9 Å². The van der Waals surface area contributed by atoms with Gasteiger partial charge in [-0.2, -0.15) is 0 Å². The zero-order valence-corrected chi connectivity index (χ0v) is 19.7. The largest absolute Gasteiger partial charge is 0.331 e. The van der Waals surface area contributed by atoms with Gasteiger partial charge >= 0.3 is 0 Å². The lowest BCUT2D eigenvalue weighted by molar-refractivity contribution is -0.119. The molecule has 2 aromatic rings. The zero-order valence-electron chi connectivity index (χ0n) is 19.7. The van der Waals surface area contributed by atoms with Gasteiger partial charge in [-0.05, 0) is 35.7 Å². The topological polar surface area (TPSA) is 60.9 Å². The van der Waals surface area contributed by atoms with Gasteiger partial charge in [0.15, 0.2) is 5.78 Å². The first kappa shape index (κ1) is 23.6. The van der Waals surface area contributed by atoms with Gasteiger partial charge < -0.3 is 9.80 Å². The molecule has 2 amide bonds. The molecule has 0 N–H and O–H groups in total. The van der Waals surface area contributed by atoms with E-state index < -0.39 is 0 Å². The predicted octanol–water partition coefficient (Wildman–Crippen LogP) is 4.22. The minimum atomic E-state index is -0.00722. The SMILES string of the molecule is C=CCCN1CC(=O)N(Cc2ccc(C(=O)N3CC=CC3)cc2)c2cc(C(=O)CC)ccc2C1. The summed E-state index contributed by atoms with van der Waals surface area (Å²) in [7, 11) is 0. The maximum absolute atomic E-state index is 13.4. The maximum Gasteiger partial charge on any atom is 0.254 e. The number of Topliss-reactive ketones (excluding diaryl/α,β-unsaturated/α-hetero) is 1. The second kappa shape index (κ2) is 10.6. The highest BCUT2D eigenvalue weighted by Gasteiger charge is 2.27. The summed E-state index contributed by atoms with van der Waals surface area (Å²) >= 11 is 0. The van der Waals surface area contributed by atoms with Crippen LogP contribution in [0.5, 0.6) is 0 Å². The van der Waals surface area contributed by atoms with Crippen LogP contribution in [0.15, 0.2) is 67.3 Å². The first-order valence-electron chi connectivity index (χ1n) is 11.8. The molecule has 0 unspecified atom stereocenters. The Labute approximate surface area is 201 Å². The highest BCUT2D eigenvalue weighted by atomic mass is 16.2. The number of carbonyl (C=O) groups is 3.